The van der Waals surface area contributed by atoms with Gasteiger partial charge in [-0.25, -0.2) is 4.98 Å². The summed E-state index contributed by atoms with van der Waals surface area (Å²) in [5.41, 5.74) is 5.48. The van der Waals surface area contributed by atoms with Crippen LogP contribution in [0.5, 0.6) is 0 Å². The van der Waals surface area contributed by atoms with Crippen LogP contribution in [-0.4, -0.2) is 16.5 Å². The molecule has 0 saturated heterocycles. The zero-order valence-electron chi connectivity index (χ0n) is 9.13. The summed E-state index contributed by atoms with van der Waals surface area (Å²) in [6.07, 6.45) is 2.30. The van der Waals surface area contributed by atoms with Gasteiger partial charge in [0.2, 0.25) is 5.95 Å². The van der Waals surface area contributed by atoms with Crippen molar-refractivity contribution in [1.82, 2.24) is 9.97 Å². The Morgan fingerprint density at radius 1 is 1.40 bits per heavy atom. The molecule has 1 rings (SSSR count). The molecular formula is C10H17ClN4. The minimum absolute atomic E-state index is 0.203. The van der Waals surface area contributed by atoms with E-state index in [1.807, 2.05) is 0 Å². The Balaban J connectivity index is 2.57. The van der Waals surface area contributed by atoms with Crippen molar-refractivity contribution in [2.24, 2.45) is 5.92 Å². The Morgan fingerprint density at radius 3 is 2.60 bits per heavy atom. The zero-order valence-corrected chi connectivity index (χ0v) is 9.88. The number of nitrogens with two attached hydrogens (primary N) is 1. The highest BCUT2D eigenvalue weighted by Crippen LogP contribution is 2.14. The fourth-order valence-electron chi connectivity index (χ4n) is 1.35. The molecule has 0 atom stereocenters. The fraction of sp³-hybridized carbons (Fsp3) is 0.600. The van der Waals surface area contributed by atoms with Crippen molar-refractivity contribution >= 4 is 23.4 Å². The molecule has 0 amide bonds. The highest BCUT2D eigenvalue weighted by Gasteiger charge is 2.04. The summed E-state index contributed by atoms with van der Waals surface area (Å²) in [5.74, 6) is 1.55. The smallest absolute Gasteiger partial charge is 0.223 e. The molecule has 0 unspecified atom stereocenters. The SMILES string of the molecule is CCC(CC)CNc1cc(Cl)nc(N)n1. The van der Waals surface area contributed by atoms with E-state index in [1.54, 1.807) is 6.07 Å². The second-order valence-corrected chi connectivity index (χ2v) is 3.88. The molecule has 0 saturated carbocycles. The summed E-state index contributed by atoms with van der Waals surface area (Å²) < 4.78 is 0. The molecule has 5 heteroatoms. The van der Waals surface area contributed by atoms with Crippen LogP contribution in [0.2, 0.25) is 5.15 Å². The summed E-state index contributed by atoms with van der Waals surface area (Å²) in [5, 5.41) is 3.58. The molecule has 0 spiro atoms. The van der Waals surface area contributed by atoms with Gasteiger partial charge in [-0.05, 0) is 5.92 Å². The maximum Gasteiger partial charge on any atom is 0.223 e. The van der Waals surface area contributed by atoms with Gasteiger partial charge in [0.1, 0.15) is 11.0 Å². The van der Waals surface area contributed by atoms with Gasteiger partial charge in [-0.15, -0.1) is 0 Å². The van der Waals surface area contributed by atoms with Gasteiger partial charge in [-0.2, -0.15) is 4.98 Å². The molecule has 15 heavy (non-hydrogen) atoms. The van der Waals surface area contributed by atoms with E-state index in [1.165, 1.54) is 0 Å². The monoisotopic (exact) mass is 228 g/mol. The average molecular weight is 229 g/mol. The number of anilines is 2. The molecule has 0 aliphatic rings. The fourth-order valence-corrected chi connectivity index (χ4v) is 1.54. The van der Waals surface area contributed by atoms with Crippen LogP contribution >= 0.6 is 11.6 Å². The van der Waals surface area contributed by atoms with Crippen LogP contribution in [0.4, 0.5) is 11.8 Å². The van der Waals surface area contributed by atoms with Crippen LogP contribution < -0.4 is 11.1 Å². The van der Waals surface area contributed by atoms with Crippen LogP contribution in [-0.2, 0) is 0 Å². The van der Waals surface area contributed by atoms with Gasteiger partial charge in [0.15, 0.2) is 0 Å². The molecule has 0 radical (unpaired) electrons. The molecule has 3 N–H and O–H groups in total. The molecule has 0 bridgehead atoms. The number of nitrogens with zero attached hydrogens (tertiary/aromatic N) is 2. The Labute approximate surface area is 95.3 Å². The summed E-state index contributed by atoms with van der Waals surface area (Å²) in [6.45, 7) is 5.24. The first-order valence-electron chi connectivity index (χ1n) is 5.19. The van der Waals surface area contributed by atoms with Crippen LogP contribution in [0.1, 0.15) is 26.7 Å². The molecular weight excluding hydrogens is 212 g/mol. The van der Waals surface area contributed by atoms with Gasteiger partial charge in [0, 0.05) is 12.6 Å². The molecule has 0 fully saturated rings. The van der Waals surface area contributed by atoms with Crippen molar-refractivity contribution in [3.63, 3.8) is 0 Å². The van der Waals surface area contributed by atoms with E-state index in [4.69, 9.17) is 17.3 Å². The lowest BCUT2D eigenvalue weighted by atomic mass is 10.0. The van der Waals surface area contributed by atoms with Crippen molar-refractivity contribution in [1.29, 1.82) is 0 Å². The van der Waals surface area contributed by atoms with Gasteiger partial charge in [-0.1, -0.05) is 38.3 Å². The molecule has 84 valence electrons. The van der Waals surface area contributed by atoms with E-state index in [0.717, 1.165) is 19.4 Å². The summed E-state index contributed by atoms with van der Waals surface area (Å²) in [4.78, 5) is 7.84. The first-order chi connectivity index (χ1) is 7.15. The molecule has 1 aromatic rings. The van der Waals surface area contributed by atoms with Gasteiger partial charge in [-0.3, -0.25) is 0 Å². The first-order valence-corrected chi connectivity index (χ1v) is 5.57. The normalized spacial score (nSPS) is 10.7. The summed E-state index contributed by atoms with van der Waals surface area (Å²) >= 11 is 5.76. The number of halogens is 1. The van der Waals surface area contributed by atoms with Gasteiger partial charge >= 0.3 is 0 Å². The van der Waals surface area contributed by atoms with Crippen LogP contribution in [0, 0.1) is 5.92 Å². The lowest BCUT2D eigenvalue weighted by Gasteiger charge is -2.13. The Morgan fingerprint density at radius 2 is 2.07 bits per heavy atom. The molecule has 0 aliphatic carbocycles. The maximum absolute atomic E-state index is 5.76. The Hall–Kier alpha value is -1.03. The largest absolute Gasteiger partial charge is 0.370 e. The van der Waals surface area contributed by atoms with Crippen molar-refractivity contribution < 1.29 is 0 Å². The minimum atomic E-state index is 0.203. The predicted octanol–water partition coefficient (Wildman–Crippen LogP) is 2.56. The highest BCUT2D eigenvalue weighted by molar-refractivity contribution is 6.29. The Kier molecular flexibility index (Phi) is 4.62. The van der Waals surface area contributed by atoms with Gasteiger partial charge in [0.25, 0.3) is 0 Å². The zero-order chi connectivity index (χ0) is 11.3. The predicted molar refractivity (Wildman–Crippen MR) is 64.0 cm³/mol. The third-order valence-corrected chi connectivity index (χ3v) is 2.63. The highest BCUT2D eigenvalue weighted by atomic mass is 35.5. The molecule has 1 aromatic heterocycles. The van der Waals surface area contributed by atoms with E-state index in [-0.39, 0.29) is 5.95 Å². The number of nitrogen functional groups attached to an aromatic ring is 1. The second-order valence-electron chi connectivity index (χ2n) is 3.50. The number of aromatic nitrogens is 2. The van der Waals surface area contributed by atoms with E-state index in [9.17, 15) is 0 Å². The number of nitrogens with one attached hydrogen (secondary N) is 1. The van der Waals surface area contributed by atoms with Crippen LogP contribution in [0.25, 0.3) is 0 Å². The standard InChI is InChI=1S/C10H17ClN4/c1-3-7(4-2)6-13-9-5-8(11)14-10(12)15-9/h5,7H,3-4,6H2,1-2H3,(H3,12,13,14,15). The van der Waals surface area contributed by atoms with Gasteiger partial charge in [0.05, 0.1) is 0 Å². The van der Waals surface area contributed by atoms with Crippen molar-refractivity contribution in [3.8, 4) is 0 Å². The van der Waals surface area contributed by atoms with Crippen molar-refractivity contribution in [2.75, 3.05) is 17.6 Å². The first kappa shape index (κ1) is 12.0. The lowest BCUT2D eigenvalue weighted by Crippen LogP contribution is -2.14. The van der Waals surface area contributed by atoms with Crippen molar-refractivity contribution in [2.45, 2.75) is 26.7 Å². The van der Waals surface area contributed by atoms with Crippen molar-refractivity contribution in [3.05, 3.63) is 11.2 Å². The average Bonchev–Trinajstić information content (AvgIpc) is 2.18. The number of hydrogen-bond acceptors (Lipinski definition) is 4. The second kappa shape index (κ2) is 5.75. The molecule has 4 nitrogen and oxygen atoms in total. The topological polar surface area (TPSA) is 63.8 Å². The molecule has 0 aliphatic heterocycles. The minimum Gasteiger partial charge on any atom is -0.370 e. The van der Waals surface area contributed by atoms with Crippen LogP contribution in [0.15, 0.2) is 6.07 Å². The third kappa shape index (κ3) is 3.91. The van der Waals surface area contributed by atoms with Gasteiger partial charge < -0.3 is 11.1 Å². The van der Waals surface area contributed by atoms with E-state index in [2.05, 4.69) is 29.1 Å². The molecule has 0 aromatic carbocycles. The van der Waals surface area contributed by atoms with Crippen LogP contribution in [0.3, 0.4) is 0 Å². The van der Waals surface area contributed by atoms with E-state index < -0.39 is 0 Å². The number of rotatable bonds is 5. The number of hydrogen-bond donors (Lipinski definition) is 2. The third-order valence-electron chi connectivity index (χ3n) is 2.44. The Bertz CT molecular complexity index is 292. The van der Waals surface area contributed by atoms with E-state index >= 15 is 0 Å². The quantitative estimate of drug-likeness (QED) is 0.761. The van der Waals surface area contributed by atoms with E-state index in [0.29, 0.717) is 16.9 Å². The lowest BCUT2D eigenvalue weighted by molar-refractivity contribution is 0.518. The maximum atomic E-state index is 5.76. The molecule has 1 heterocycles. The summed E-state index contributed by atoms with van der Waals surface area (Å²) in [7, 11) is 0. The summed E-state index contributed by atoms with van der Waals surface area (Å²) in [6, 6.07) is 1.68.